The molecule has 0 radical (unpaired) electrons. The molecule has 0 spiro atoms. The molecule has 1 N–H and O–H groups in total. The molecule has 0 atom stereocenters. The van der Waals surface area contributed by atoms with Gasteiger partial charge in [0.05, 0.1) is 12.8 Å². The van der Waals surface area contributed by atoms with Gasteiger partial charge in [-0.1, -0.05) is 6.92 Å². The molecule has 0 saturated carbocycles. The maximum absolute atomic E-state index is 5.16. The Morgan fingerprint density at radius 2 is 2.00 bits per heavy atom. The van der Waals surface area contributed by atoms with Crippen LogP contribution in [0.4, 0.5) is 5.95 Å². The molecule has 0 aliphatic carbocycles. The molecule has 1 aromatic carbocycles. The van der Waals surface area contributed by atoms with Gasteiger partial charge in [-0.25, -0.2) is 4.98 Å². The Hall–Kier alpha value is -1.97. The van der Waals surface area contributed by atoms with Gasteiger partial charge < -0.3 is 10.1 Å². The van der Waals surface area contributed by atoms with Crippen LogP contribution in [0.3, 0.4) is 0 Å². The van der Waals surface area contributed by atoms with Crippen molar-refractivity contribution in [3.05, 3.63) is 36.2 Å². The van der Waals surface area contributed by atoms with Crippen molar-refractivity contribution in [2.45, 2.75) is 20.3 Å². The first kappa shape index (κ1) is 12.5. The molecule has 0 amide bonds. The normalized spacial score (nSPS) is 10.4. The summed E-state index contributed by atoms with van der Waals surface area (Å²) in [5.41, 5.74) is 2.08. The smallest absolute Gasteiger partial charge is 0.207 e. The van der Waals surface area contributed by atoms with Crippen molar-refractivity contribution in [1.82, 2.24) is 9.55 Å². The van der Waals surface area contributed by atoms with Gasteiger partial charge in [-0.2, -0.15) is 0 Å². The predicted molar refractivity (Wildman–Crippen MR) is 73.6 cm³/mol. The van der Waals surface area contributed by atoms with E-state index in [4.69, 9.17) is 4.74 Å². The Kier molecular flexibility index (Phi) is 3.87. The molecule has 0 saturated heterocycles. The van der Waals surface area contributed by atoms with Crippen molar-refractivity contribution in [1.29, 1.82) is 0 Å². The first-order chi connectivity index (χ1) is 8.74. The number of hydrogen-bond acceptors (Lipinski definition) is 3. The molecular weight excluding hydrogens is 226 g/mol. The van der Waals surface area contributed by atoms with Crippen molar-refractivity contribution < 1.29 is 4.74 Å². The van der Waals surface area contributed by atoms with Crippen LogP contribution in [0, 0.1) is 6.92 Å². The van der Waals surface area contributed by atoms with Crippen molar-refractivity contribution in [2.75, 3.05) is 19.0 Å². The van der Waals surface area contributed by atoms with E-state index in [1.54, 1.807) is 7.11 Å². The number of methoxy groups -OCH3 is 1. The SMILES string of the molecule is CCCNc1nc(C)cn1-c1ccc(OC)cc1. The topological polar surface area (TPSA) is 39.1 Å². The second-order valence-corrected chi connectivity index (χ2v) is 4.20. The number of aryl methyl sites for hydroxylation is 1. The summed E-state index contributed by atoms with van der Waals surface area (Å²) < 4.78 is 7.22. The van der Waals surface area contributed by atoms with Gasteiger partial charge >= 0.3 is 0 Å². The molecule has 2 rings (SSSR count). The minimum absolute atomic E-state index is 0.860. The maximum atomic E-state index is 5.16. The highest BCUT2D eigenvalue weighted by Crippen LogP contribution is 2.19. The third-order valence-corrected chi connectivity index (χ3v) is 2.71. The Morgan fingerprint density at radius 1 is 1.28 bits per heavy atom. The zero-order chi connectivity index (χ0) is 13.0. The Balaban J connectivity index is 2.30. The van der Waals surface area contributed by atoms with E-state index in [1.807, 2.05) is 37.4 Å². The van der Waals surface area contributed by atoms with Crippen LogP contribution >= 0.6 is 0 Å². The number of aromatic nitrogens is 2. The number of rotatable bonds is 5. The van der Waals surface area contributed by atoms with E-state index in [2.05, 4.69) is 21.8 Å². The van der Waals surface area contributed by atoms with Crippen molar-refractivity contribution >= 4 is 5.95 Å². The predicted octanol–water partition coefficient (Wildman–Crippen LogP) is 3.01. The van der Waals surface area contributed by atoms with Crippen LogP contribution in [0.1, 0.15) is 19.0 Å². The zero-order valence-corrected chi connectivity index (χ0v) is 11.1. The minimum atomic E-state index is 0.860. The Labute approximate surface area is 108 Å². The lowest BCUT2D eigenvalue weighted by atomic mass is 10.3. The number of ether oxygens (including phenoxy) is 1. The highest BCUT2D eigenvalue weighted by atomic mass is 16.5. The molecular formula is C14H19N3O. The third-order valence-electron chi connectivity index (χ3n) is 2.71. The second kappa shape index (κ2) is 5.58. The fraction of sp³-hybridized carbons (Fsp3) is 0.357. The standard InChI is InChI=1S/C14H19N3O/c1-4-9-15-14-16-11(2)10-17(14)12-5-7-13(18-3)8-6-12/h5-8,10H,4,9H2,1-3H3,(H,15,16). The fourth-order valence-electron chi connectivity index (χ4n) is 1.80. The fourth-order valence-corrected chi connectivity index (χ4v) is 1.80. The van der Waals surface area contributed by atoms with E-state index in [-0.39, 0.29) is 0 Å². The van der Waals surface area contributed by atoms with Crippen molar-refractivity contribution in [3.63, 3.8) is 0 Å². The molecule has 4 nitrogen and oxygen atoms in total. The number of imidazole rings is 1. The van der Waals surface area contributed by atoms with Gasteiger partial charge in [0, 0.05) is 18.4 Å². The summed E-state index contributed by atoms with van der Waals surface area (Å²) in [5.74, 6) is 1.75. The summed E-state index contributed by atoms with van der Waals surface area (Å²) in [5, 5.41) is 3.33. The molecule has 0 aliphatic rings. The van der Waals surface area contributed by atoms with E-state index >= 15 is 0 Å². The average molecular weight is 245 g/mol. The van der Waals surface area contributed by atoms with E-state index in [9.17, 15) is 0 Å². The summed E-state index contributed by atoms with van der Waals surface area (Å²) in [7, 11) is 1.67. The van der Waals surface area contributed by atoms with Gasteiger partial charge in [-0.3, -0.25) is 4.57 Å². The summed E-state index contributed by atoms with van der Waals surface area (Å²) in [4.78, 5) is 4.49. The van der Waals surface area contributed by atoms with Gasteiger partial charge in [0.2, 0.25) is 5.95 Å². The largest absolute Gasteiger partial charge is 0.497 e. The minimum Gasteiger partial charge on any atom is -0.497 e. The van der Waals surface area contributed by atoms with E-state index in [0.717, 1.165) is 36.0 Å². The van der Waals surface area contributed by atoms with E-state index < -0.39 is 0 Å². The molecule has 0 fully saturated rings. The van der Waals surface area contributed by atoms with Gasteiger partial charge in [0.15, 0.2) is 0 Å². The second-order valence-electron chi connectivity index (χ2n) is 4.20. The Bertz CT molecular complexity index is 502. The molecule has 4 heteroatoms. The molecule has 0 unspecified atom stereocenters. The van der Waals surface area contributed by atoms with Crippen molar-refractivity contribution in [3.8, 4) is 11.4 Å². The summed E-state index contributed by atoms with van der Waals surface area (Å²) in [6.45, 7) is 5.06. The molecule has 1 aromatic heterocycles. The number of nitrogens with zero attached hydrogens (tertiary/aromatic N) is 2. The monoisotopic (exact) mass is 245 g/mol. The summed E-state index contributed by atoms with van der Waals surface area (Å²) in [6, 6.07) is 7.96. The highest BCUT2D eigenvalue weighted by molar-refractivity contribution is 5.45. The van der Waals surface area contributed by atoms with Crippen LogP contribution in [0.2, 0.25) is 0 Å². The molecule has 18 heavy (non-hydrogen) atoms. The average Bonchev–Trinajstić information content (AvgIpc) is 2.77. The van der Waals surface area contributed by atoms with Crippen LogP contribution in [-0.4, -0.2) is 23.2 Å². The summed E-state index contributed by atoms with van der Waals surface area (Å²) >= 11 is 0. The van der Waals surface area contributed by atoms with Crippen LogP contribution in [-0.2, 0) is 0 Å². The first-order valence-corrected chi connectivity index (χ1v) is 6.19. The third kappa shape index (κ3) is 2.64. The zero-order valence-electron chi connectivity index (χ0n) is 11.1. The molecule has 1 heterocycles. The number of nitrogens with one attached hydrogen (secondary N) is 1. The van der Waals surface area contributed by atoms with Crippen LogP contribution in [0.15, 0.2) is 30.5 Å². The number of anilines is 1. The lowest BCUT2D eigenvalue weighted by Crippen LogP contribution is -2.06. The van der Waals surface area contributed by atoms with E-state index in [0.29, 0.717) is 0 Å². The van der Waals surface area contributed by atoms with Crippen molar-refractivity contribution in [2.24, 2.45) is 0 Å². The number of benzene rings is 1. The highest BCUT2D eigenvalue weighted by Gasteiger charge is 2.06. The van der Waals surface area contributed by atoms with Crippen LogP contribution in [0.5, 0.6) is 5.75 Å². The molecule has 0 bridgehead atoms. The van der Waals surface area contributed by atoms with Crippen LogP contribution < -0.4 is 10.1 Å². The van der Waals surface area contributed by atoms with Crippen LogP contribution in [0.25, 0.3) is 5.69 Å². The lowest BCUT2D eigenvalue weighted by Gasteiger charge is -2.09. The Morgan fingerprint density at radius 3 is 2.61 bits per heavy atom. The van der Waals surface area contributed by atoms with Gasteiger partial charge in [0.25, 0.3) is 0 Å². The van der Waals surface area contributed by atoms with E-state index in [1.165, 1.54) is 0 Å². The van der Waals surface area contributed by atoms with Gasteiger partial charge in [-0.15, -0.1) is 0 Å². The first-order valence-electron chi connectivity index (χ1n) is 6.19. The number of hydrogen-bond donors (Lipinski definition) is 1. The lowest BCUT2D eigenvalue weighted by molar-refractivity contribution is 0.415. The molecule has 2 aromatic rings. The molecule has 0 aliphatic heterocycles. The quantitative estimate of drug-likeness (QED) is 0.880. The molecule has 96 valence electrons. The van der Waals surface area contributed by atoms with Gasteiger partial charge in [-0.05, 0) is 37.6 Å². The maximum Gasteiger partial charge on any atom is 0.207 e. The van der Waals surface area contributed by atoms with Gasteiger partial charge in [0.1, 0.15) is 5.75 Å². The summed E-state index contributed by atoms with van der Waals surface area (Å²) in [6.07, 6.45) is 3.11.